The molecule has 0 saturated heterocycles. The lowest BCUT2D eigenvalue weighted by atomic mass is 10.0. The zero-order valence-electron chi connectivity index (χ0n) is 8.02. The largest absolute Gasteiger partial charge is 0.308 e. The van der Waals surface area contributed by atoms with E-state index in [0.29, 0.717) is 10.6 Å². The van der Waals surface area contributed by atoms with Gasteiger partial charge in [0, 0.05) is 11.9 Å². The van der Waals surface area contributed by atoms with E-state index in [1.165, 1.54) is 7.05 Å². The summed E-state index contributed by atoms with van der Waals surface area (Å²) in [6, 6.07) is 5.49. The van der Waals surface area contributed by atoms with E-state index in [0.717, 1.165) is 6.92 Å². The maximum atomic E-state index is 13.1. The molecule has 0 spiro atoms. The lowest BCUT2D eigenvalue weighted by molar-refractivity contribution is -0.0169. The Morgan fingerprint density at radius 2 is 2.07 bits per heavy atom. The molecule has 1 aromatic rings. The summed E-state index contributed by atoms with van der Waals surface area (Å²) < 4.78 is 26.2. The quantitative estimate of drug-likeness (QED) is 0.823. The Bertz CT molecular complexity index is 309. The predicted molar refractivity (Wildman–Crippen MR) is 53.9 cm³/mol. The highest BCUT2D eigenvalue weighted by Gasteiger charge is 2.33. The number of hydrogen-bond donors (Lipinski definition) is 1. The molecule has 1 rings (SSSR count). The van der Waals surface area contributed by atoms with Crippen LogP contribution in [0.4, 0.5) is 8.78 Å². The Balaban J connectivity index is 3.01. The fourth-order valence-corrected chi connectivity index (χ4v) is 1.60. The molecule has 0 aliphatic rings. The van der Waals surface area contributed by atoms with Crippen molar-refractivity contribution in [1.82, 2.24) is 5.32 Å². The van der Waals surface area contributed by atoms with Gasteiger partial charge in [-0.2, -0.15) is 0 Å². The van der Waals surface area contributed by atoms with Crippen molar-refractivity contribution < 1.29 is 8.78 Å². The van der Waals surface area contributed by atoms with Gasteiger partial charge in [0.1, 0.15) is 0 Å². The topological polar surface area (TPSA) is 12.0 Å². The molecule has 1 atom stereocenters. The van der Waals surface area contributed by atoms with Gasteiger partial charge in [0.15, 0.2) is 0 Å². The van der Waals surface area contributed by atoms with Crippen LogP contribution in [-0.2, 0) is 0 Å². The Labute approximate surface area is 87.1 Å². The summed E-state index contributed by atoms with van der Waals surface area (Å²) >= 11 is 5.72. The normalized spacial score (nSPS) is 14.1. The lowest BCUT2D eigenvalue weighted by Crippen LogP contribution is -2.32. The van der Waals surface area contributed by atoms with E-state index in [9.17, 15) is 8.78 Å². The minimum Gasteiger partial charge on any atom is -0.308 e. The van der Waals surface area contributed by atoms with E-state index in [1.54, 1.807) is 24.3 Å². The van der Waals surface area contributed by atoms with Gasteiger partial charge < -0.3 is 5.32 Å². The van der Waals surface area contributed by atoms with Gasteiger partial charge in [-0.05, 0) is 24.7 Å². The van der Waals surface area contributed by atoms with Crippen LogP contribution >= 0.6 is 11.6 Å². The highest BCUT2D eigenvalue weighted by molar-refractivity contribution is 6.30. The van der Waals surface area contributed by atoms with E-state index in [1.807, 2.05) is 0 Å². The number of halogens is 3. The summed E-state index contributed by atoms with van der Waals surface area (Å²) in [6.45, 7) is 0.884. The highest BCUT2D eigenvalue weighted by Crippen LogP contribution is 2.31. The molecule has 0 bridgehead atoms. The van der Waals surface area contributed by atoms with E-state index < -0.39 is 12.0 Å². The standard InChI is InChI=1S/C10H12ClF2N/c1-10(12,13)9(14-2)7-4-3-5-8(11)6-7/h3-6,9,14H,1-2H3. The summed E-state index contributed by atoms with van der Waals surface area (Å²) in [4.78, 5) is 0. The third-order valence-corrected chi connectivity index (χ3v) is 2.21. The number of rotatable bonds is 3. The monoisotopic (exact) mass is 219 g/mol. The van der Waals surface area contributed by atoms with Crippen molar-refractivity contribution in [3.63, 3.8) is 0 Å². The minimum atomic E-state index is -2.81. The van der Waals surface area contributed by atoms with Crippen LogP contribution in [0.15, 0.2) is 24.3 Å². The van der Waals surface area contributed by atoms with Gasteiger partial charge in [-0.3, -0.25) is 0 Å². The maximum Gasteiger partial charge on any atom is 0.264 e. The average molecular weight is 220 g/mol. The molecule has 0 radical (unpaired) electrons. The molecule has 0 aliphatic heterocycles. The van der Waals surface area contributed by atoms with E-state index >= 15 is 0 Å². The Kier molecular flexibility index (Phi) is 3.45. The van der Waals surface area contributed by atoms with Crippen molar-refractivity contribution in [2.75, 3.05) is 7.05 Å². The number of benzene rings is 1. The summed E-state index contributed by atoms with van der Waals surface area (Å²) in [5, 5.41) is 3.04. The molecule has 14 heavy (non-hydrogen) atoms. The summed E-state index contributed by atoms with van der Waals surface area (Å²) in [5.74, 6) is -2.81. The molecule has 4 heteroatoms. The zero-order chi connectivity index (χ0) is 10.8. The van der Waals surface area contributed by atoms with Crippen LogP contribution in [0.1, 0.15) is 18.5 Å². The SMILES string of the molecule is CNC(c1cccc(Cl)c1)C(C)(F)F. The number of nitrogens with one attached hydrogen (secondary N) is 1. The van der Waals surface area contributed by atoms with Crippen LogP contribution in [0.25, 0.3) is 0 Å². The molecular weight excluding hydrogens is 208 g/mol. The van der Waals surface area contributed by atoms with Crippen molar-refractivity contribution in [2.24, 2.45) is 0 Å². The first-order valence-electron chi connectivity index (χ1n) is 4.25. The van der Waals surface area contributed by atoms with Crippen molar-refractivity contribution in [1.29, 1.82) is 0 Å². The van der Waals surface area contributed by atoms with Gasteiger partial charge in [-0.1, -0.05) is 23.7 Å². The molecule has 0 fully saturated rings. The van der Waals surface area contributed by atoms with Crippen molar-refractivity contribution >= 4 is 11.6 Å². The second kappa shape index (κ2) is 4.24. The fraction of sp³-hybridized carbons (Fsp3) is 0.400. The molecular formula is C10H12ClF2N. The first kappa shape index (κ1) is 11.4. The molecule has 0 amide bonds. The Morgan fingerprint density at radius 3 is 2.50 bits per heavy atom. The molecule has 1 N–H and O–H groups in total. The van der Waals surface area contributed by atoms with Gasteiger partial charge in [0.25, 0.3) is 5.92 Å². The fourth-order valence-electron chi connectivity index (χ4n) is 1.40. The molecule has 0 saturated carbocycles. The molecule has 0 heterocycles. The Morgan fingerprint density at radius 1 is 1.43 bits per heavy atom. The Hall–Kier alpha value is -0.670. The summed E-state index contributed by atoms with van der Waals surface area (Å²) in [7, 11) is 1.50. The van der Waals surface area contributed by atoms with Gasteiger partial charge >= 0.3 is 0 Å². The number of alkyl halides is 2. The predicted octanol–water partition coefficient (Wildman–Crippen LogP) is 3.26. The van der Waals surface area contributed by atoms with Gasteiger partial charge in [0.2, 0.25) is 0 Å². The van der Waals surface area contributed by atoms with Crippen molar-refractivity contribution in [3.05, 3.63) is 34.9 Å². The molecule has 0 aromatic heterocycles. The molecule has 1 nitrogen and oxygen atoms in total. The van der Waals surface area contributed by atoms with Crippen LogP contribution in [-0.4, -0.2) is 13.0 Å². The second-order valence-electron chi connectivity index (χ2n) is 3.23. The van der Waals surface area contributed by atoms with E-state index in [4.69, 9.17) is 11.6 Å². The zero-order valence-corrected chi connectivity index (χ0v) is 8.78. The van der Waals surface area contributed by atoms with E-state index in [2.05, 4.69) is 5.32 Å². The van der Waals surface area contributed by atoms with Crippen LogP contribution < -0.4 is 5.32 Å². The molecule has 1 aromatic carbocycles. The lowest BCUT2D eigenvalue weighted by Gasteiger charge is -2.23. The van der Waals surface area contributed by atoms with Gasteiger partial charge in [0.05, 0.1) is 6.04 Å². The molecule has 0 aliphatic carbocycles. The summed E-state index contributed by atoms with van der Waals surface area (Å²) in [5.41, 5.74) is 0.493. The average Bonchev–Trinajstić information content (AvgIpc) is 2.02. The van der Waals surface area contributed by atoms with Crippen LogP contribution in [0.2, 0.25) is 5.02 Å². The van der Waals surface area contributed by atoms with Crippen LogP contribution in [0.5, 0.6) is 0 Å². The smallest absolute Gasteiger partial charge is 0.264 e. The first-order valence-corrected chi connectivity index (χ1v) is 4.63. The molecule has 78 valence electrons. The first-order chi connectivity index (χ1) is 6.45. The minimum absolute atomic E-state index is 0.465. The van der Waals surface area contributed by atoms with Crippen LogP contribution in [0.3, 0.4) is 0 Å². The van der Waals surface area contributed by atoms with Gasteiger partial charge in [-0.15, -0.1) is 0 Å². The third kappa shape index (κ3) is 2.66. The third-order valence-electron chi connectivity index (χ3n) is 1.98. The summed E-state index contributed by atoms with van der Waals surface area (Å²) in [6.07, 6.45) is 0. The van der Waals surface area contributed by atoms with E-state index in [-0.39, 0.29) is 0 Å². The second-order valence-corrected chi connectivity index (χ2v) is 3.67. The van der Waals surface area contributed by atoms with Crippen molar-refractivity contribution in [3.8, 4) is 0 Å². The van der Waals surface area contributed by atoms with Crippen molar-refractivity contribution in [2.45, 2.75) is 18.9 Å². The van der Waals surface area contributed by atoms with Crippen LogP contribution in [0, 0.1) is 0 Å². The molecule has 1 unspecified atom stereocenters. The number of hydrogen-bond acceptors (Lipinski definition) is 1. The van der Waals surface area contributed by atoms with Gasteiger partial charge in [-0.25, -0.2) is 8.78 Å². The maximum absolute atomic E-state index is 13.1. The highest BCUT2D eigenvalue weighted by atomic mass is 35.5.